The van der Waals surface area contributed by atoms with Crippen LogP contribution in [0.3, 0.4) is 0 Å². The van der Waals surface area contributed by atoms with Crippen LogP contribution in [0.25, 0.3) is 0 Å². The van der Waals surface area contributed by atoms with E-state index in [9.17, 15) is 4.79 Å². The van der Waals surface area contributed by atoms with Crippen molar-refractivity contribution < 1.29 is 9.53 Å². The molecular formula is C15H24N2O2. The Hall–Kier alpha value is -1.55. The molecule has 1 atom stereocenters. The van der Waals surface area contributed by atoms with Crippen LogP contribution in [0.2, 0.25) is 0 Å². The van der Waals surface area contributed by atoms with Gasteiger partial charge < -0.3 is 15.8 Å². The summed E-state index contributed by atoms with van der Waals surface area (Å²) in [7, 11) is 1.64. The highest BCUT2D eigenvalue weighted by atomic mass is 16.5. The van der Waals surface area contributed by atoms with E-state index in [1.165, 1.54) is 0 Å². The van der Waals surface area contributed by atoms with Crippen molar-refractivity contribution in [3.63, 3.8) is 0 Å². The molecule has 0 spiro atoms. The maximum Gasteiger partial charge on any atom is 0.220 e. The van der Waals surface area contributed by atoms with Gasteiger partial charge in [-0.05, 0) is 37.5 Å². The van der Waals surface area contributed by atoms with Gasteiger partial charge >= 0.3 is 0 Å². The molecule has 0 saturated heterocycles. The minimum absolute atomic E-state index is 0.0295. The van der Waals surface area contributed by atoms with Crippen LogP contribution in [0.5, 0.6) is 5.75 Å². The van der Waals surface area contributed by atoms with Crippen molar-refractivity contribution in [3.05, 3.63) is 29.8 Å². The van der Waals surface area contributed by atoms with E-state index in [-0.39, 0.29) is 17.4 Å². The van der Waals surface area contributed by atoms with Gasteiger partial charge in [0, 0.05) is 18.5 Å². The molecule has 1 amide bonds. The quantitative estimate of drug-likeness (QED) is 0.826. The Labute approximate surface area is 115 Å². The Bertz CT molecular complexity index is 407. The number of hydrogen-bond acceptors (Lipinski definition) is 3. The number of methoxy groups -OCH3 is 1. The number of nitrogens with one attached hydrogen (secondary N) is 1. The van der Waals surface area contributed by atoms with Crippen LogP contribution in [-0.2, 0) is 4.79 Å². The monoisotopic (exact) mass is 264 g/mol. The van der Waals surface area contributed by atoms with E-state index in [4.69, 9.17) is 10.5 Å². The summed E-state index contributed by atoms with van der Waals surface area (Å²) in [4.78, 5) is 11.8. The van der Waals surface area contributed by atoms with Crippen LogP contribution < -0.4 is 15.8 Å². The lowest BCUT2D eigenvalue weighted by Gasteiger charge is -2.20. The SMILES string of the molecule is COc1ccc(C(C)CC(=O)NCC(C)(C)N)cc1. The molecule has 1 aromatic carbocycles. The molecule has 106 valence electrons. The summed E-state index contributed by atoms with van der Waals surface area (Å²) in [5, 5.41) is 2.86. The predicted molar refractivity (Wildman–Crippen MR) is 77.3 cm³/mol. The molecule has 0 aliphatic carbocycles. The van der Waals surface area contributed by atoms with Crippen LogP contribution in [0.1, 0.15) is 38.7 Å². The Morgan fingerprint density at radius 1 is 1.37 bits per heavy atom. The molecule has 0 aliphatic rings. The summed E-state index contributed by atoms with van der Waals surface area (Å²) in [5.41, 5.74) is 6.58. The molecular weight excluding hydrogens is 240 g/mol. The molecule has 19 heavy (non-hydrogen) atoms. The number of amides is 1. The molecule has 0 bridgehead atoms. The van der Waals surface area contributed by atoms with E-state index in [0.717, 1.165) is 11.3 Å². The van der Waals surface area contributed by atoms with Gasteiger partial charge in [-0.3, -0.25) is 4.79 Å². The third-order valence-corrected chi connectivity index (χ3v) is 2.92. The fraction of sp³-hybridized carbons (Fsp3) is 0.533. The fourth-order valence-electron chi connectivity index (χ4n) is 1.73. The van der Waals surface area contributed by atoms with Crippen molar-refractivity contribution in [1.29, 1.82) is 0 Å². The average Bonchev–Trinajstić information content (AvgIpc) is 2.35. The highest BCUT2D eigenvalue weighted by molar-refractivity contribution is 5.76. The van der Waals surface area contributed by atoms with Crippen LogP contribution in [-0.4, -0.2) is 25.1 Å². The minimum Gasteiger partial charge on any atom is -0.497 e. The van der Waals surface area contributed by atoms with Crippen molar-refractivity contribution in [2.45, 2.75) is 38.6 Å². The number of carbonyl (C=O) groups is 1. The first kappa shape index (κ1) is 15.5. The molecule has 0 radical (unpaired) electrons. The average molecular weight is 264 g/mol. The van der Waals surface area contributed by atoms with Crippen molar-refractivity contribution in [3.8, 4) is 5.75 Å². The zero-order valence-corrected chi connectivity index (χ0v) is 12.2. The molecule has 1 aromatic rings. The second kappa shape index (κ2) is 6.57. The van der Waals surface area contributed by atoms with Crippen LogP contribution in [0.15, 0.2) is 24.3 Å². The standard InChI is InChI=1S/C15H24N2O2/c1-11(9-14(18)17-10-15(2,3)16)12-5-7-13(19-4)8-6-12/h5-8,11H,9-10,16H2,1-4H3,(H,17,18). The summed E-state index contributed by atoms with van der Waals surface area (Å²) in [6.07, 6.45) is 0.461. The first-order valence-electron chi connectivity index (χ1n) is 6.51. The lowest BCUT2D eigenvalue weighted by molar-refractivity contribution is -0.121. The molecule has 3 N–H and O–H groups in total. The zero-order chi connectivity index (χ0) is 14.5. The highest BCUT2D eigenvalue weighted by Gasteiger charge is 2.15. The number of hydrogen-bond donors (Lipinski definition) is 2. The molecule has 4 nitrogen and oxygen atoms in total. The van der Waals surface area contributed by atoms with Gasteiger partial charge in [0.25, 0.3) is 0 Å². The normalized spacial score (nSPS) is 12.9. The Kier molecular flexibility index (Phi) is 5.36. The van der Waals surface area contributed by atoms with Crippen molar-refractivity contribution in [2.24, 2.45) is 5.73 Å². The largest absolute Gasteiger partial charge is 0.497 e. The van der Waals surface area contributed by atoms with Gasteiger partial charge in [0.1, 0.15) is 5.75 Å². The van der Waals surface area contributed by atoms with Crippen LogP contribution >= 0.6 is 0 Å². The van der Waals surface area contributed by atoms with E-state index >= 15 is 0 Å². The molecule has 0 fully saturated rings. The van der Waals surface area contributed by atoms with Crippen LogP contribution in [0.4, 0.5) is 0 Å². The van der Waals surface area contributed by atoms with E-state index in [1.54, 1.807) is 7.11 Å². The number of rotatable bonds is 6. The summed E-state index contributed by atoms with van der Waals surface area (Å²) in [5.74, 6) is 1.03. The van der Waals surface area contributed by atoms with E-state index < -0.39 is 0 Å². The maximum atomic E-state index is 11.8. The van der Waals surface area contributed by atoms with Gasteiger partial charge in [0.05, 0.1) is 7.11 Å². The van der Waals surface area contributed by atoms with E-state index in [2.05, 4.69) is 5.32 Å². The topological polar surface area (TPSA) is 64.3 Å². The summed E-state index contributed by atoms with van der Waals surface area (Å²) in [6.45, 7) is 6.30. The smallest absolute Gasteiger partial charge is 0.220 e. The molecule has 1 unspecified atom stereocenters. The number of nitrogens with two attached hydrogens (primary N) is 1. The third kappa shape index (κ3) is 5.75. The van der Waals surface area contributed by atoms with Gasteiger partial charge in [0.15, 0.2) is 0 Å². The zero-order valence-electron chi connectivity index (χ0n) is 12.2. The molecule has 0 aromatic heterocycles. The number of carbonyl (C=O) groups excluding carboxylic acids is 1. The second-order valence-electron chi connectivity index (χ2n) is 5.64. The molecule has 4 heteroatoms. The van der Waals surface area contributed by atoms with Gasteiger partial charge in [0.2, 0.25) is 5.91 Å². The fourth-order valence-corrected chi connectivity index (χ4v) is 1.73. The highest BCUT2D eigenvalue weighted by Crippen LogP contribution is 2.21. The van der Waals surface area contributed by atoms with Gasteiger partial charge in [-0.15, -0.1) is 0 Å². The first-order valence-corrected chi connectivity index (χ1v) is 6.51. The second-order valence-corrected chi connectivity index (χ2v) is 5.64. The van der Waals surface area contributed by atoms with E-state index in [0.29, 0.717) is 13.0 Å². The van der Waals surface area contributed by atoms with E-state index in [1.807, 2.05) is 45.0 Å². The van der Waals surface area contributed by atoms with Crippen molar-refractivity contribution in [1.82, 2.24) is 5.32 Å². The number of ether oxygens (including phenoxy) is 1. The minimum atomic E-state index is -0.376. The Morgan fingerprint density at radius 2 is 1.95 bits per heavy atom. The van der Waals surface area contributed by atoms with Gasteiger partial charge in [-0.1, -0.05) is 19.1 Å². The van der Waals surface area contributed by atoms with Crippen LogP contribution in [0, 0.1) is 0 Å². The summed E-state index contributed by atoms with van der Waals surface area (Å²) in [6, 6.07) is 7.80. The molecule has 1 rings (SSSR count). The van der Waals surface area contributed by atoms with Gasteiger partial charge in [-0.2, -0.15) is 0 Å². The lowest BCUT2D eigenvalue weighted by atomic mass is 9.97. The molecule has 0 saturated carbocycles. The molecule has 0 aliphatic heterocycles. The Balaban J connectivity index is 2.49. The first-order chi connectivity index (χ1) is 8.81. The summed E-state index contributed by atoms with van der Waals surface area (Å²) >= 11 is 0. The lowest BCUT2D eigenvalue weighted by Crippen LogP contribution is -2.45. The summed E-state index contributed by atoms with van der Waals surface area (Å²) < 4.78 is 5.11. The maximum absolute atomic E-state index is 11.8. The van der Waals surface area contributed by atoms with Crippen molar-refractivity contribution >= 4 is 5.91 Å². The van der Waals surface area contributed by atoms with Gasteiger partial charge in [-0.25, -0.2) is 0 Å². The third-order valence-electron chi connectivity index (χ3n) is 2.92. The van der Waals surface area contributed by atoms with Crippen molar-refractivity contribution in [2.75, 3.05) is 13.7 Å². The predicted octanol–water partition coefficient (Wildman–Crippen LogP) is 2.04. The molecule has 0 heterocycles. The number of benzene rings is 1. The Morgan fingerprint density at radius 3 is 2.42 bits per heavy atom.